The minimum atomic E-state index is -4.85. The van der Waals surface area contributed by atoms with E-state index in [1.54, 1.807) is 0 Å². The number of aromatic nitrogens is 6. The molecular weight excluding hydrogens is 974 g/mol. The summed E-state index contributed by atoms with van der Waals surface area (Å²) in [5.74, 6) is -1.71. The van der Waals surface area contributed by atoms with Crippen molar-refractivity contribution in [1.29, 1.82) is 0 Å². The molecule has 0 spiro atoms. The second-order valence-electron chi connectivity index (χ2n) is 12.3. The highest BCUT2D eigenvalue weighted by Crippen LogP contribution is 2.54. The van der Waals surface area contributed by atoms with E-state index in [2.05, 4.69) is 65.4 Å². The predicted molar refractivity (Wildman–Crippen MR) is 232 cm³/mol. The van der Waals surface area contributed by atoms with Gasteiger partial charge in [0.2, 0.25) is 34.4 Å². The van der Waals surface area contributed by atoms with Crippen LogP contribution in [0.25, 0.3) is 10.8 Å². The molecule has 2 heterocycles. The first-order valence-electron chi connectivity index (χ1n) is 17.0. The molecule has 337 valence electrons. The van der Waals surface area contributed by atoms with Crippen LogP contribution in [-0.4, -0.2) is 110 Å². The molecule has 0 atom stereocenters. The first-order valence-corrected chi connectivity index (χ1v) is 23.7. The van der Waals surface area contributed by atoms with Crippen molar-refractivity contribution in [3.8, 4) is 11.5 Å². The molecule has 64 heavy (non-hydrogen) atoms. The maximum Gasteiger partial charge on any atom is 0.397 e. The number of benzene rings is 4. The molecule has 0 unspecified atom stereocenters. The van der Waals surface area contributed by atoms with Gasteiger partial charge in [-0.1, -0.05) is 0 Å². The third-order valence-electron chi connectivity index (χ3n) is 7.98. The Bertz CT molecular complexity index is 3120. The monoisotopic (exact) mass is 1000 g/mol. The van der Waals surface area contributed by atoms with Gasteiger partial charge >= 0.3 is 17.9 Å². The number of anilines is 6. The van der Waals surface area contributed by atoms with Gasteiger partial charge in [-0.25, -0.2) is 12.6 Å². The zero-order valence-electron chi connectivity index (χ0n) is 31.8. The van der Waals surface area contributed by atoms with Gasteiger partial charge in [-0.3, -0.25) is 9.11 Å². The molecule has 0 bridgehead atoms. The molecule has 0 amide bonds. The van der Waals surface area contributed by atoms with Crippen molar-refractivity contribution in [3.05, 3.63) is 77.3 Å². The van der Waals surface area contributed by atoms with Gasteiger partial charge in [-0.15, -0.1) is 10.2 Å². The van der Waals surface area contributed by atoms with Crippen LogP contribution in [0.5, 0.6) is 11.5 Å². The van der Waals surface area contributed by atoms with Gasteiger partial charge in [0.05, 0.1) is 29.3 Å². The number of rotatable bonds is 18. The fourth-order valence-corrected chi connectivity index (χ4v) is 8.36. The maximum absolute atomic E-state index is 12.5. The van der Waals surface area contributed by atoms with Gasteiger partial charge in [-0.2, -0.15) is 46.7 Å². The first kappa shape index (κ1) is 47.6. The molecule has 10 N–H and O–H groups in total. The number of nitrogens with zero attached hydrogens (tertiary/aromatic N) is 8. The fourth-order valence-electron chi connectivity index (χ4n) is 5.23. The van der Waals surface area contributed by atoms with Crippen LogP contribution in [0.2, 0.25) is 10.6 Å². The van der Waals surface area contributed by atoms with Crippen molar-refractivity contribution in [2.24, 2.45) is 10.2 Å². The molecule has 4 aromatic carbocycles. The normalized spacial score (nSPS) is 12.6. The Balaban J connectivity index is 1.14. The minimum Gasteiger partial charge on any atom is -0.505 e. The lowest BCUT2D eigenvalue weighted by molar-refractivity contribution is 0.284. The zero-order valence-corrected chi connectivity index (χ0v) is 36.5. The van der Waals surface area contributed by atoms with Gasteiger partial charge in [0.25, 0.3) is 10.1 Å². The van der Waals surface area contributed by atoms with Crippen molar-refractivity contribution in [1.82, 2.24) is 29.9 Å². The summed E-state index contributed by atoms with van der Waals surface area (Å²) in [6.07, 6.45) is 0. The summed E-state index contributed by atoms with van der Waals surface area (Å²) < 4.78 is 128. The maximum atomic E-state index is 12.5. The van der Waals surface area contributed by atoms with Crippen LogP contribution in [0, 0.1) is 0 Å². The smallest absolute Gasteiger partial charge is 0.397 e. The van der Waals surface area contributed by atoms with E-state index in [1.807, 2.05) is 0 Å². The topological polar surface area (TPSA) is 392 Å². The van der Waals surface area contributed by atoms with Gasteiger partial charge in [0.15, 0.2) is 15.6 Å². The molecule has 6 aromatic rings. The summed E-state index contributed by atoms with van der Waals surface area (Å²) in [4.78, 5) is 22.8. The SMILES string of the molecule is COc1ccc(N=Nc2c(S(O)(O)O)cc3cc(Nc4nc(Cl)nc(N[B]Nc5nc(Cl)nc(Nc6ccc(S(=O)(=O)CCOS(=O)(=O)O)cc6)n5)n4)ccc3c2O)c(S(=O)(=O)O)c1. The standard InChI is InChI=1S/C31H28BCl2N12O14S4/c1-59-18-5-9-21(22(14-18)62(50,51)52)45-46-24-23(63(53,54)55)13-15-12-17(4-8-20(15)25(24)47)36-29-38-27(34)40-31(42-29)44-32-43-30-39-26(33)37-28(41-30)35-16-2-6-19(7-3-16)61(48,49)11-10-60-64(56,57)58/h2-9,12-14,47,53-55H,10-11H2,1H3,(H,50,51,52)(H,56,57,58)(H2,35,37,39,41,43)(H2,36,38,40,42,44). The number of phenols is 1. The number of phenolic OH excluding ortho intramolecular Hbond substituents is 1. The number of ether oxygens (including phenoxy) is 1. The number of sulfone groups is 1. The number of hydrogen-bond donors (Lipinski definition) is 10. The molecule has 0 fully saturated rings. The third-order valence-corrected chi connectivity index (χ3v) is 12.3. The quantitative estimate of drug-likeness (QED) is 0.0284. The molecule has 33 heteroatoms. The van der Waals surface area contributed by atoms with Crippen LogP contribution >= 0.6 is 34.1 Å². The van der Waals surface area contributed by atoms with E-state index in [0.717, 1.165) is 18.2 Å². The molecule has 0 aliphatic heterocycles. The Hall–Kier alpha value is -5.84. The van der Waals surface area contributed by atoms with Gasteiger partial charge in [0, 0.05) is 22.8 Å². The summed E-state index contributed by atoms with van der Waals surface area (Å²) in [5.41, 5.74) is -0.452. The fraction of sp³-hybridized carbons (Fsp3) is 0.0968. The van der Waals surface area contributed by atoms with Crippen molar-refractivity contribution in [2.75, 3.05) is 40.6 Å². The van der Waals surface area contributed by atoms with E-state index >= 15 is 0 Å². The van der Waals surface area contributed by atoms with E-state index in [9.17, 15) is 48.6 Å². The first-order chi connectivity index (χ1) is 30.0. The number of halogens is 2. The van der Waals surface area contributed by atoms with Crippen molar-refractivity contribution < 1.29 is 62.0 Å². The van der Waals surface area contributed by atoms with Crippen LogP contribution in [-0.2, 0) is 34.5 Å². The van der Waals surface area contributed by atoms with E-state index < -0.39 is 80.5 Å². The lowest BCUT2D eigenvalue weighted by Gasteiger charge is -2.22. The van der Waals surface area contributed by atoms with Crippen LogP contribution in [0.4, 0.5) is 46.5 Å². The lowest BCUT2D eigenvalue weighted by atomic mass is 10.1. The van der Waals surface area contributed by atoms with Gasteiger partial charge in [-0.05, 0) is 89.3 Å². The summed E-state index contributed by atoms with van der Waals surface area (Å²) >= 11 is 12.2. The molecule has 0 aliphatic carbocycles. The molecule has 0 saturated heterocycles. The molecule has 6 rings (SSSR count). The Morgan fingerprint density at radius 3 is 1.83 bits per heavy atom. The predicted octanol–water partition coefficient (Wildman–Crippen LogP) is 5.61. The van der Waals surface area contributed by atoms with Gasteiger partial charge in [0.1, 0.15) is 32.9 Å². The summed E-state index contributed by atoms with van der Waals surface area (Å²) in [5, 5.41) is 29.5. The second-order valence-corrected chi connectivity index (χ2v) is 19.1. The minimum absolute atomic E-state index is 0.0577. The van der Waals surface area contributed by atoms with Crippen molar-refractivity contribution in [3.63, 3.8) is 0 Å². The molecular formula is C31H28BCl2N12O14S4. The summed E-state index contributed by atoms with van der Waals surface area (Å²) in [6, 6.07) is 13.9. The highest BCUT2D eigenvalue weighted by molar-refractivity contribution is 8.19. The van der Waals surface area contributed by atoms with E-state index in [4.69, 9.17) is 32.5 Å². The molecule has 0 saturated carbocycles. The molecule has 2 aromatic heterocycles. The van der Waals surface area contributed by atoms with E-state index in [1.165, 1.54) is 63.2 Å². The number of nitrogens with one attached hydrogen (secondary N) is 4. The average molecular weight is 1000 g/mol. The number of fused-ring (bicyclic) bond motifs is 1. The molecule has 0 aliphatic rings. The van der Waals surface area contributed by atoms with E-state index in [-0.39, 0.29) is 61.5 Å². The highest BCUT2D eigenvalue weighted by atomic mass is 35.5. The van der Waals surface area contributed by atoms with E-state index in [0.29, 0.717) is 5.69 Å². The van der Waals surface area contributed by atoms with Gasteiger partial charge < -0.3 is 44.6 Å². The van der Waals surface area contributed by atoms with Crippen molar-refractivity contribution in [2.45, 2.75) is 14.7 Å². The number of azo groups is 1. The Morgan fingerprint density at radius 1 is 0.688 bits per heavy atom. The highest BCUT2D eigenvalue weighted by Gasteiger charge is 2.26. The number of hydrogen-bond acceptors (Lipinski definition) is 24. The number of methoxy groups -OCH3 is 1. The second kappa shape index (κ2) is 19.1. The zero-order chi connectivity index (χ0) is 46.6. The van der Waals surface area contributed by atoms with Crippen LogP contribution in [0.15, 0.2) is 91.6 Å². The van der Waals surface area contributed by atoms with Crippen molar-refractivity contribution >= 4 is 129 Å². The Morgan fingerprint density at radius 2 is 1.27 bits per heavy atom. The summed E-state index contributed by atoms with van der Waals surface area (Å²) in [6.45, 7) is -0.793. The average Bonchev–Trinajstić information content (AvgIpc) is 3.19. The molecule has 1 radical (unpaired) electrons. The van der Waals surface area contributed by atoms with Crippen LogP contribution in [0.1, 0.15) is 0 Å². The lowest BCUT2D eigenvalue weighted by Crippen LogP contribution is -2.21. The van der Waals surface area contributed by atoms with Crippen LogP contribution < -0.4 is 25.8 Å². The van der Waals surface area contributed by atoms with Crippen LogP contribution in [0.3, 0.4) is 0 Å². The Kier molecular flexibility index (Phi) is 14.2. The largest absolute Gasteiger partial charge is 0.505 e. The third kappa shape index (κ3) is 12.5. The molecule has 26 nitrogen and oxygen atoms in total. The summed E-state index contributed by atoms with van der Waals surface area (Å²) in [7, 11) is -15.8. The number of aromatic hydroxyl groups is 1. The Labute approximate surface area is 373 Å².